The van der Waals surface area contributed by atoms with Crippen molar-refractivity contribution in [2.75, 3.05) is 6.61 Å². The van der Waals surface area contributed by atoms with Crippen LogP contribution in [0.25, 0.3) is 0 Å². The second-order valence-corrected chi connectivity index (χ2v) is 3.86. The first-order chi connectivity index (χ1) is 5.87. The number of cyclic esters (lactones) is 1. The number of hydrogen-bond acceptors (Lipinski definition) is 3. The molecule has 0 radical (unpaired) electrons. The van der Waals surface area contributed by atoms with Gasteiger partial charge < -0.3 is 4.74 Å². The molecule has 1 heterocycles. The lowest BCUT2D eigenvalue weighted by Crippen LogP contribution is -2.35. The van der Waals surface area contributed by atoms with E-state index in [4.69, 9.17) is 4.74 Å². The van der Waals surface area contributed by atoms with Crippen molar-refractivity contribution in [3.8, 4) is 0 Å². The molecule has 0 aliphatic carbocycles. The van der Waals surface area contributed by atoms with E-state index in [-0.39, 0.29) is 18.4 Å². The van der Waals surface area contributed by atoms with Crippen LogP contribution in [0.3, 0.4) is 0 Å². The lowest BCUT2D eigenvalue weighted by atomic mass is 9.80. The summed E-state index contributed by atoms with van der Waals surface area (Å²) in [7, 11) is 0. The molecule has 3 nitrogen and oxygen atoms in total. The van der Waals surface area contributed by atoms with Crippen molar-refractivity contribution in [2.45, 2.75) is 27.7 Å². The third kappa shape index (κ3) is 1.50. The third-order valence-corrected chi connectivity index (χ3v) is 2.67. The van der Waals surface area contributed by atoms with Crippen LogP contribution in [-0.2, 0) is 14.3 Å². The molecule has 0 aromatic heterocycles. The highest BCUT2D eigenvalue weighted by Gasteiger charge is 2.37. The molecule has 0 fully saturated rings. The van der Waals surface area contributed by atoms with Gasteiger partial charge in [0.25, 0.3) is 0 Å². The average Bonchev–Trinajstić information content (AvgIpc) is 2.01. The number of carbonyl (C=O) groups excluding carboxylic acids is 2. The number of Topliss-reactive ketones (excluding diaryl/α,β-unsaturated/α-hetero) is 1. The number of carbonyl (C=O) groups is 2. The number of hydrogen-bond donors (Lipinski definition) is 0. The van der Waals surface area contributed by atoms with Gasteiger partial charge in [0.05, 0.1) is 5.41 Å². The zero-order valence-corrected chi connectivity index (χ0v) is 8.43. The van der Waals surface area contributed by atoms with Gasteiger partial charge >= 0.3 is 5.97 Å². The fraction of sp³-hybridized carbons (Fsp3) is 0.600. The monoisotopic (exact) mass is 182 g/mol. The van der Waals surface area contributed by atoms with E-state index in [0.29, 0.717) is 5.57 Å². The van der Waals surface area contributed by atoms with Crippen molar-refractivity contribution in [1.82, 2.24) is 0 Å². The largest absolute Gasteiger partial charge is 0.460 e. The molecule has 13 heavy (non-hydrogen) atoms. The Balaban J connectivity index is 3.18. The molecule has 0 saturated heterocycles. The van der Waals surface area contributed by atoms with Gasteiger partial charge in [-0.3, -0.25) is 9.59 Å². The minimum atomic E-state index is -0.654. The quantitative estimate of drug-likeness (QED) is 0.577. The van der Waals surface area contributed by atoms with Crippen LogP contribution in [0, 0.1) is 5.41 Å². The minimum Gasteiger partial charge on any atom is -0.460 e. The SMILES string of the molecule is CC(=O)C1=C(C)C(C)(C)C(=O)OC1. The molecule has 1 rings (SSSR count). The smallest absolute Gasteiger partial charge is 0.315 e. The normalized spacial score (nSPS) is 21.4. The summed E-state index contributed by atoms with van der Waals surface area (Å²) in [5.41, 5.74) is 0.806. The summed E-state index contributed by atoms with van der Waals surface area (Å²) < 4.78 is 4.92. The molecule has 1 aliphatic heterocycles. The Hall–Kier alpha value is -1.12. The summed E-state index contributed by atoms with van der Waals surface area (Å²) in [4.78, 5) is 22.5. The Kier molecular flexibility index (Phi) is 2.28. The van der Waals surface area contributed by atoms with Crippen LogP contribution in [0.1, 0.15) is 27.7 Å². The van der Waals surface area contributed by atoms with Gasteiger partial charge in [0.15, 0.2) is 5.78 Å². The van der Waals surface area contributed by atoms with Gasteiger partial charge in [-0.05, 0) is 33.3 Å². The van der Waals surface area contributed by atoms with E-state index < -0.39 is 5.41 Å². The molecule has 0 aromatic carbocycles. The molecule has 1 aliphatic rings. The summed E-state index contributed by atoms with van der Waals surface area (Å²) in [6.45, 7) is 6.98. The van der Waals surface area contributed by atoms with Crippen LogP contribution >= 0.6 is 0 Å². The summed E-state index contributed by atoms with van der Waals surface area (Å²) in [5, 5.41) is 0. The maximum absolute atomic E-state index is 11.3. The molecule has 0 N–H and O–H groups in total. The van der Waals surface area contributed by atoms with E-state index in [1.54, 1.807) is 13.8 Å². The van der Waals surface area contributed by atoms with E-state index in [1.165, 1.54) is 6.92 Å². The van der Waals surface area contributed by atoms with Crippen LogP contribution < -0.4 is 0 Å². The van der Waals surface area contributed by atoms with Gasteiger partial charge in [0.1, 0.15) is 6.61 Å². The van der Waals surface area contributed by atoms with Crippen LogP contribution in [-0.4, -0.2) is 18.4 Å². The van der Waals surface area contributed by atoms with Gasteiger partial charge in [0.2, 0.25) is 0 Å². The predicted molar refractivity (Wildman–Crippen MR) is 48.1 cm³/mol. The van der Waals surface area contributed by atoms with Crippen molar-refractivity contribution in [1.29, 1.82) is 0 Å². The standard InChI is InChI=1S/C10H14O3/c1-6-8(7(2)11)5-13-9(12)10(6,3)4/h5H2,1-4H3. The zero-order chi connectivity index (χ0) is 10.2. The van der Waals surface area contributed by atoms with E-state index in [9.17, 15) is 9.59 Å². The molecule has 0 bridgehead atoms. The van der Waals surface area contributed by atoms with Crippen molar-refractivity contribution in [2.24, 2.45) is 5.41 Å². The van der Waals surface area contributed by atoms with Crippen molar-refractivity contribution in [3.63, 3.8) is 0 Å². The molecule has 0 saturated carbocycles. The molecule has 0 aromatic rings. The summed E-state index contributed by atoms with van der Waals surface area (Å²) in [6, 6.07) is 0. The molecule has 0 unspecified atom stereocenters. The molecule has 72 valence electrons. The molecule has 3 heteroatoms. The highest BCUT2D eigenvalue weighted by Crippen LogP contribution is 2.33. The first-order valence-corrected chi connectivity index (χ1v) is 4.25. The average molecular weight is 182 g/mol. The Bertz CT molecular complexity index is 297. The second-order valence-electron chi connectivity index (χ2n) is 3.86. The Morgan fingerprint density at radius 1 is 1.46 bits per heavy atom. The number of rotatable bonds is 1. The maximum Gasteiger partial charge on any atom is 0.315 e. The van der Waals surface area contributed by atoms with Gasteiger partial charge in [-0.15, -0.1) is 0 Å². The number of ether oxygens (including phenoxy) is 1. The van der Waals surface area contributed by atoms with Crippen LogP contribution in [0.4, 0.5) is 0 Å². The fourth-order valence-corrected chi connectivity index (χ4v) is 1.32. The Morgan fingerprint density at radius 3 is 2.46 bits per heavy atom. The Labute approximate surface area is 77.8 Å². The molecular weight excluding hydrogens is 168 g/mol. The predicted octanol–water partition coefficient (Wildman–Crippen LogP) is 1.47. The molecular formula is C10H14O3. The fourth-order valence-electron chi connectivity index (χ4n) is 1.32. The van der Waals surface area contributed by atoms with Crippen LogP contribution in [0.5, 0.6) is 0 Å². The summed E-state index contributed by atoms with van der Waals surface area (Å²) in [6.07, 6.45) is 0. The van der Waals surface area contributed by atoms with E-state index >= 15 is 0 Å². The van der Waals surface area contributed by atoms with Crippen molar-refractivity contribution >= 4 is 11.8 Å². The minimum absolute atomic E-state index is 0.0157. The molecule has 0 atom stereocenters. The first-order valence-electron chi connectivity index (χ1n) is 4.25. The van der Waals surface area contributed by atoms with Gasteiger partial charge in [-0.25, -0.2) is 0 Å². The maximum atomic E-state index is 11.3. The highest BCUT2D eigenvalue weighted by atomic mass is 16.5. The van der Waals surface area contributed by atoms with E-state index in [1.807, 2.05) is 6.92 Å². The first kappa shape index (κ1) is 9.96. The van der Waals surface area contributed by atoms with Gasteiger partial charge in [0, 0.05) is 5.57 Å². The molecule has 0 amide bonds. The topological polar surface area (TPSA) is 43.4 Å². The summed E-state index contributed by atoms with van der Waals surface area (Å²) >= 11 is 0. The van der Waals surface area contributed by atoms with Crippen molar-refractivity contribution < 1.29 is 14.3 Å². The number of esters is 1. The third-order valence-electron chi connectivity index (χ3n) is 2.67. The van der Waals surface area contributed by atoms with Crippen LogP contribution in [0.15, 0.2) is 11.1 Å². The molecule has 0 spiro atoms. The lowest BCUT2D eigenvalue weighted by Gasteiger charge is -2.30. The zero-order valence-electron chi connectivity index (χ0n) is 8.43. The van der Waals surface area contributed by atoms with Crippen molar-refractivity contribution in [3.05, 3.63) is 11.1 Å². The Morgan fingerprint density at radius 2 is 2.00 bits per heavy atom. The second kappa shape index (κ2) is 2.98. The van der Waals surface area contributed by atoms with E-state index in [0.717, 1.165) is 5.57 Å². The van der Waals surface area contributed by atoms with Gasteiger partial charge in [-0.1, -0.05) is 0 Å². The van der Waals surface area contributed by atoms with Crippen LogP contribution in [0.2, 0.25) is 0 Å². The lowest BCUT2D eigenvalue weighted by molar-refractivity contribution is -0.152. The summed E-state index contributed by atoms with van der Waals surface area (Å²) in [5.74, 6) is -0.270. The highest BCUT2D eigenvalue weighted by molar-refractivity contribution is 5.97. The number of ketones is 1. The van der Waals surface area contributed by atoms with Gasteiger partial charge in [-0.2, -0.15) is 0 Å². The van der Waals surface area contributed by atoms with E-state index in [2.05, 4.69) is 0 Å².